The van der Waals surface area contributed by atoms with Gasteiger partial charge in [-0.3, -0.25) is 9.78 Å². The molecule has 1 fully saturated rings. The Labute approximate surface area is 205 Å². The normalized spacial score (nSPS) is 16.3. The number of carboxylic acid groups (broad SMARTS) is 1. The van der Waals surface area contributed by atoms with Crippen LogP contribution >= 0.6 is 11.3 Å². The molecule has 3 aromatic rings. The molecule has 2 aliphatic heterocycles. The summed E-state index contributed by atoms with van der Waals surface area (Å²) in [5.74, 6) is -2.19. The largest absolute Gasteiger partial charge is 0.477 e. The van der Waals surface area contributed by atoms with Gasteiger partial charge < -0.3 is 14.7 Å². The van der Waals surface area contributed by atoms with Crippen molar-refractivity contribution in [2.75, 3.05) is 13.2 Å². The van der Waals surface area contributed by atoms with Crippen LogP contribution in [-0.2, 0) is 17.6 Å². The number of carbonyl (C=O) groups is 3. The van der Waals surface area contributed by atoms with E-state index >= 15 is 0 Å². The van der Waals surface area contributed by atoms with Crippen LogP contribution in [0.1, 0.15) is 73.1 Å². The van der Waals surface area contributed by atoms with Crippen molar-refractivity contribution in [3.63, 3.8) is 0 Å². The maximum Gasteiger partial charge on any atom is 0.345 e. The third-order valence-corrected chi connectivity index (χ3v) is 7.54. The van der Waals surface area contributed by atoms with E-state index in [1.165, 1.54) is 18.2 Å². The van der Waals surface area contributed by atoms with Crippen molar-refractivity contribution in [1.29, 1.82) is 0 Å². The van der Waals surface area contributed by atoms with E-state index in [1.807, 2.05) is 0 Å². The predicted octanol–water partition coefficient (Wildman–Crippen LogP) is 4.90. The van der Waals surface area contributed by atoms with Gasteiger partial charge in [-0.25, -0.2) is 14.0 Å². The van der Waals surface area contributed by atoms with E-state index in [1.54, 1.807) is 30.0 Å². The topological polar surface area (TPSA) is 96.8 Å². The SMILES string of the molecule is CCOC(=O)c1c(CCc2ccc(F)cc2)nc2c(c1-c1ccc(C(=O)O)s1)C(=O)N1CCC[C@@H]21. The second-order valence-electron chi connectivity index (χ2n) is 8.54. The summed E-state index contributed by atoms with van der Waals surface area (Å²) in [5.41, 5.74) is 2.97. The van der Waals surface area contributed by atoms with Crippen LogP contribution in [0.3, 0.4) is 0 Å². The quantitative estimate of drug-likeness (QED) is 0.470. The maximum atomic E-state index is 13.5. The first-order valence-corrected chi connectivity index (χ1v) is 12.3. The Morgan fingerprint density at radius 2 is 1.94 bits per heavy atom. The molecule has 0 bridgehead atoms. The molecule has 4 heterocycles. The number of thiophene rings is 1. The lowest BCUT2D eigenvalue weighted by molar-refractivity contribution is 0.0524. The predicted molar refractivity (Wildman–Crippen MR) is 127 cm³/mol. The lowest BCUT2D eigenvalue weighted by Crippen LogP contribution is -2.23. The Bertz CT molecular complexity index is 1330. The molecule has 7 nitrogen and oxygen atoms in total. The molecule has 1 saturated heterocycles. The van der Waals surface area contributed by atoms with E-state index in [4.69, 9.17) is 9.72 Å². The molecule has 0 unspecified atom stereocenters. The minimum Gasteiger partial charge on any atom is -0.477 e. The summed E-state index contributed by atoms with van der Waals surface area (Å²) in [7, 11) is 0. The van der Waals surface area contributed by atoms with Crippen molar-refractivity contribution in [2.45, 2.75) is 38.6 Å². The van der Waals surface area contributed by atoms with Crippen molar-refractivity contribution in [1.82, 2.24) is 9.88 Å². The molecule has 0 spiro atoms. The number of fused-ring (bicyclic) bond motifs is 3. The van der Waals surface area contributed by atoms with Crippen LogP contribution in [0.25, 0.3) is 10.4 Å². The fraction of sp³-hybridized carbons (Fsp3) is 0.308. The molecule has 0 saturated carbocycles. The minimum atomic E-state index is -1.08. The summed E-state index contributed by atoms with van der Waals surface area (Å²) in [6.07, 6.45) is 2.54. The molecule has 180 valence electrons. The number of benzene rings is 1. The van der Waals surface area contributed by atoms with Crippen LogP contribution in [0.4, 0.5) is 4.39 Å². The fourth-order valence-corrected chi connectivity index (χ4v) is 5.80. The Balaban J connectivity index is 1.70. The lowest BCUT2D eigenvalue weighted by Gasteiger charge is -2.17. The van der Waals surface area contributed by atoms with Crippen LogP contribution in [0.15, 0.2) is 36.4 Å². The monoisotopic (exact) mass is 494 g/mol. The summed E-state index contributed by atoms with van der Waals surface area (Å²) >= 11 is 1.02. The van der Waals surface area contributed by atoms with Crippen LogP contribution in [-0.4, -0.2) is 46.0 Å². The zero-order chi connectivity index (χ0) is 24.7. The summed E-state index contributed by atoms with van der Waals surface area (Å²) in [6.45, 7) is 2.45. The van der Waals surface area contributed by atoms with Crippen molar-refractivity contribution in [2.24, 2.45) is 0 Å². The Morgan fingerprint density at radius 1 is 1.17 bits per heavy atom. The van der Waals surface area contributed by atoms with E-state index in [9.17, 15) is 23.9 Å². The van der Waals surface area contributed by atoms with Gasteiger partial charge >= 0.3 is 11.9 Å². The number of carbonyl (C=O) groups excluding carboxylic acids is 2. The zero-order valence-corrected chi connectivity index (χ0v) is 19.9. The molecule has 1 N–H and O–H groups in total. The summed E-state index contributed by atoms with van der Waals surface area (Å²) in [6, 6.07) is 9.10. The number of nitrogens with zero attached hydrogens (tertiary/aromatic N) is 2. The van der Waals surface area contributed by atoms with Gasteiger partial charge in [0.15, 0.2) is 0 Å². The average molecular weight is 495 g/mol. The van der Waals surface area contributed by atoms with Gasteiger partial charge in [-0.2, -0.15) is 0 Å². The number of halogens is 1. The standard InChI is InChI=1S/C26H23FN2O5S/c1-2-34-26(33)20-16(10-7-14-5-8-15(27)9-6-14)28-23-17-4-3-13-29(17)24(30)22(23)21(20)18-11-12-19(35-18)25(31)32/h5-6,8-9,11-12,17H,2-4,7,10,13H2,1H3,(H,31,32)/t17-/m0/s1. The van der Waals surface area contributed by atoms with Crippen molar-refractivity contribution < 1.29 is 28.6 Å². The van der Waals surface area contributed by atoms with Gasteiger partial charge in [-0.15, -0.1) is 11.3 Å². The second kappa shape index (κ2) is 9.22. The molecule has 1 aromatic carbocycles. The summed E-state index contributed by atoms with van der Waals surface area (Å²) < 4.78 is 18.7. The van der Waals surface area contributed by atoms with E-state index in [0.29, 0.717) is 46.8 Å². The third-order valence-electron chi connectivity index (χ3n) is 6.45. The smallest absolute Gasteiger partial charge is 0.345 e. The van der Waals surface area contributed by atoms with Gasteiger partial charge in [0.1, 0.15) is 10.7 Å². The fourth-order valence-electron chi connectivity index (χ4n) is 4.90. The molecule has 0 radical (unpaired) electrons. The number of rotatable bonds is 7. The highest BCUT2D eigenvalue weighted by Crippen LogP contribution is 2.46. The number of pyridine rings is 1. The van der Waals surface area contributed by atoms with Gasteiger partial charge in [0.05, 0.1) is 35.2 Å². The number of hydrogen-bond acceptors (Lipinski definition) is 6. The first-order chi connectivity index (χ1) is 16.9. The number of esters is 1. The highest BCUT2D eigenvalue weighted by molar-refractivity contribution is 7.17. The molecule has 5 rings (SSSR count). The van der Waals surface area contributed by atoms with Crippen molar-refractivity contribution in [3.05, 3.63) is 75.2 Å². The van der Waals surface area contributed by atoms with E-state index < -0.39 is 11.9 Å². The first-order valence-electron chi connectivity index (χ1n) is 11.5. The number of aromatic nitrogens is 1. The Morgan fingerprint density at radius 3 is 2.63 bits per heavy atom. The molecular weight excluding hydrogens is 471 g/mol. The van der Waals surface area contributed by atoms with Gasteiger partial charge in [0, 0.05) is 17.0 Å². The highest BCUT2D eigenvalue weighted by atomic mass is 32.1. The maximum absolute atomic E-state index is 13.5. The zero-order valence-electron chi connectivity index (χ0n) is 19.0. The summed E-state index contributed by atoms with van der Waals surface area (Å²) in [5, 5.41) is 9.47. The van der Waals surface area contributed by atoms with Crippen LogP contribution in [0.5, 0.6) is 0 Å². The number of aromatic carboxylic acids is 1. The molecule has 0 aliphatic carbocycles. The first kappa shape index (κ1) is 23.2. The number of aryl methyl sites for hydroxylation is 2. The average Bonchev–Trinajstić information content (AvgIpc) is 3.57. The number of carboxylic acids is 1. The molecule has 2 aromatic heterocycles. The van der Waals surface area contributed by atoms with Gasteiger partial charge in [0.25, 0.3) is 5.91 Å². The van der Waals surface area contributed by atoms with Gasteiger partial charge in [-0.1, -0.05) is 12.1 Å². The highest BCUT2D eigenvalue weighted by Gasteiger charge is 2.45. The molecular formula is C26H23FN2O5S. The van der Waals surface area contributed by atoms with E-state index in [-0.39, 0.29) is 34.8 Å². The number of ether oxygens (including phenoxy) is 1. The molecule has 1 amide bonds. The van der Waals surface area contributed by atoms with Crippen molar-refractivity contribution in [3.8, 4) is 10.4 Å². The van der Waals surface area contributed by atoms with Crippen LogP contribution in [0, 0.1) is 5.82 Å². The molecule has 35 heavy (non-hydrogen) atoms. The Kier molecular flexibility index (Phi) is 6.10. The Hall–Kier alpha value is -3.59. The van der Waals surface area contributed by atoms with E-state index in [0.717, 1.165) is 29.7 Å². The van der Waals surface area contributed by atoms with Crippen LogP contribution < -0.4 is 0 Å². The van der Waals surface area contributed by atoms with Crippen molar-refractivity contribution >= 4 is 29.2 Å². The van der Waals surface area contributed by atoms with E-state index in [2.05, 4.69) is 0 Å². The number of amides is 1. The molecule has 1 atom stereocenters. The third kappa shape index (κ3) is 4.10. The van der Waals surface area contributed by atoms with Crippen LogP contribution in [0.2, 0.25) is 0 Å². The van der Waals surface area contributed by atoms with Gasteiger partial charge in [0.2, 0.25) is 0 Å². The second-order valence-corrected chi connectivity index (χ2v) is 9.63. The summed E-state index contributed by atoms with van der Waals surface area (Å²) in [4.78, 5) is 45.6. The molecule has 2 aliphatic rings. The molecule has 9 heteroatoms. The minimum absolute atomic E-state index is 0.110. The van der Waals surface area contributed by atoms with Gasteiger partial charge in [-0.05, 0) is 62.4 Å². The lowest BCUT2D eigenvalue weighted by atomic mass is 9.93. The number of hydrogen-bond donors (Lipinski definition) is 1.